The lowest BCUT2D eigenvalue weighted by atomic mass is 10.2. The molecule has 152 valence electrons. The number of amides is 1. The summed E-state index contributed by atoms with van der Waals surface area (Å²) >= 11 is 0. The van der Waals surface area contributed by atoms with E-state index in [-0.39, 0.29) is 18.3 Å². The largest absolute Gasteiger partial charge is 0.433 e. The Morgan fingerprint density at radius 3 is 2.55 bits per heavy atom. The van der Waals surface area contributed by atoms with Crippen LogP contribution in [0.4, 0.5) is 19.0 Å². The molecule has 0 aliphatic carbocycles. The molecule has 3 aromatic rings. The van der Waals surface area contributed by atoms with Gasteiger partial charge < -0.3 is 14.2 Å². The fraction of sp³-hybridized carbons (Fsp3) is 0.333. The molecule has 0 N–H and O–H groups in total. The maximum absolute atomic E-state index is 12.8. The van der Waals surface area contributed by atoms with E-state index in [0.717, 1.165) is 12.4 Å². The highest BCUT2D eigenvalue weighted by molar-refractivity contribution is 5.79. The van der Waals surface area contributed by atoms with Crippen molar-refractivity contribution >= 4 is 22.8 Å². The molecule has 0 saturated carbocycles. The quantitative estimate of drug-likeness (QED) is 0.658. The number of rotatable bonds is 3. The number of oxazole rings is 1. The Kier molecular flexibility index (Phi) is 4.73. The highest BCUT2D eigenvalue weighted by Crippen LogP contribution is 2.29. The predicted molar refractivity (Wildman–Crippen MR) is 96.3 cm³/mol. The van der Waals surface area contributed by atoms with E-state index in [1.165, 1.54) is 4.57 Å². The highest BCUT2D eigenvalue weighted by Gasteiger charge is 2.33. The van der Waals surface area contributed by atoms with Crippen LogP contribution in [0, 0.1) is 0 Å². The third kappa shape index (κ3) is 3.80. The van der Waals surface area contributed by atoms with Gasteiger partial charge in [0.1, 0.15) is 24.4 Å². The van der Waals surface area contributed by atoms with Crippen LogP contribution >= 0.6 is 0 Å². The van der Waals surface area contributed by atoms with Gasteiger partial charge in [0.05, 0.1) is 5.52 Å². The number of anilines is 1. The molecular weight excluding hydrogens is 391 g/mol. The van der Waals surface area contributed by atoms with Gasteiger partial charge in [-0.2, -0.15) is 13.2 Å². The molecule has 3 heterocycles. The zero-order chi connectivity index (χ0) is 20.6. The molecule has 0 atom stereocenters. The van der Waals surface area contributed by atoms with Crippen LogP contribution in [0.25, 0.3) is 11.1 Å². The predicted octanol–water partition coefficient (Wildman–Crippen LogP) is 1.75. The fourth-order valence-electron chi connectivity index (χ4n) is 3.26. The molecule has 0 unspecified atom stereocenters. The minimum atomic E-state index is -4.55. The van der Waals surface area contributed by atoms with Gasteiger partial charge >= 0.3 is 11.9 Å². The minimum absolute atomic E-state index is 0.163. The Labute approximate surface area is 162 Å². The number of hydrogen-bond acceptors (Lipinski definition) is 6. The Bertz CT molecular complexity index is 1100. The number of piperazine rings is 1. The normalized spacial score (nSPS) is 15.1. The Balaban J connectivity index is 1.43. The third-order valence-electron chi connectivity index (χ3n) is 4.77. The number of halogens is 3. The second kappa shape index (κ2) is 7.22. The van der Waals surface area contributed by atoms with Crippen molar-refractivity contribution in [2.45, 2.75) is 12.7 Å². The minimum Gasteiger partial charge on any atom is -0.408 e. The summed E-state index contributed by atoms with van der Waals surface area (Å²) in [7, 11) is 0. The van der Waals surface area contributed by atoms with Crippen LogP contribution in [0.15, 0.2) is 45.9 Å². The molecule has 1 aliphatic heterocycles. The smallest absolute Gasteiger partial charge is 0.408 e. The van der Waals surface area contributed by atoms with E-state index in [9.17, 15) is 22.8 Å². The van der Waals surface area contributed by atoms with Gasteiger partial charge in [-0.1, -0.05) is 12.1 Å². The Morgan fingerprint density at radius 2 is 1.83 bits per heavy atom. The number of nitrogens with zero attached hydrogens (tertiary/aromatic N) is 5. The summed E-state index contributed by atoms with van der Waals surface area (Å²) < 4.78 is 44.9. The average molecular weight is 407 g/mol. The van der Waals surface area contributed by atoms with Crippen molar-refractivity contribution in [3.63, 3.8) is 0 Å². The lowest BCUT2D eigenvalue weighted by molar-refractivity contribution is -0.141. The number of hydrogen-bond donors (Lipinski definition) is 0. The summed E-state index contributed by atoms with van der Waals surface area (Å²) in [6.07, 6.45) is -3.66. The van der Waals surface area contributed by atoms with Crippen molar-refractivity contribution in [1.29, 1.82) is 0 Å². The first-order valence-electron chi connectivity index (χ1n) is 8.83. The standard InChI is InChI=1S/C18H16F3N5O3/c19-18(20,21)14-9-15(23-11-22-14)24-5-7-25(8-6-24)16(27)10-26-12-3-1-2-4-13(12)29-17(26)28/h1-4,9,11H,5-8,10H2. The molecule has 29 heavy (non-hydrogen) atoms. The molecule has 1 aliphatic rings. The van der Waals surface area contributed by atoms with Gasteiger partial charge in [-0.15, -0.1) is 0 Å². The number of alkyl halides is 3. The fourth-order valence-corrected chi connectivity index (χ4v) is 3.26. The molecule has 1 amide bonds. The summed E-state index contributed by atoms with van der Waals surface area (Å²) in [5, 5.41) is 0. The van der Waals surface area contributed by atoms with Gasteiger partial charge in [0.15, 0.2) is 5.58 Å². The van der Waals surface area contributed by atoms with Gasteiger partial charge in [0.25, 0.3) is 0 Å². The molecule has 0 spiro atoms. The van der Waals surface area contributed by atoms with Crippen LogP contribution in [-0.2, 0) is 17.5 Å². The molecule has 1 saturated heterocycles. The second-order valence-corrected chi connectivity index (χ2v) is 6.55. The number of para-hydroxylation sites is 2. The summed E-state index contributed by atoms with van der Waals surface area (Å²) in [5.74, 6) is -0.715. The topological polar surface area (TPSA) is 84.5 Å². The third-order valence-corrected chi connectivity index (χ3v) is 4.77. The summed E-state index contributed by atoms with van der Waals surface area (Å²) in [6, 6.07) is 7.71. The first-order chi connectivity index (χ1) is 13.8. The Hall–Kier alpha value is -3.37. The zero-order valence-electron chi connectivity index (χ0n) is 15.1. The summed E-state index contributed by atoms with van der Waals surface area (Å²) in [6.45, 7) is 1.08. The van der Waals surface area contributed by atoms with E-state index in [1.54, 1.807) is 34.1 Å². The molecule has 0 radical (unpaired) electrons. The van der Waals surface area contributed by atoms with Crippen LogP contribution in [-0.4, -0.2) is 51.5 Å². The second-order valence-electron chi connectivity index (χ2n) is 6.55. The van der Waals surface area contributed by atoms with Gasteiger partial charge in [0, 0.05) is 32.2 Å². The van der Waals surface area contributed by atoms with E-state index in [2.05, 4.69) is 9.97 Å². The van der Waals surface area contributed by atoms with Crippen molar-refractivity contribution in [2.24, 2.45) is 0 Å². The van der Waals surface area contributed by atoms with Crippen LogP contribution < -0.4 is 10.7 Å². The number of carbonyl (C=O) groups excluding carboxylic acids is 1. The lowest BCUT2D eigenvalue weighted by Crippen LogP contribution is -2.50. The van der Waals surface area contributed by atoms with E-state index < -0.39 is 17.6 Å². The van der Waals surface area contributed by atoms with Crippen molar-refractivity contribution in [3.8, 4) is 0 Å². The molecule has 1 fully saturated rings. The first-order valence-corrected chi connectivity index (χ1v) is 8.83. The van der Waals surface area contributed by atoms with Crippen molar-refractivity contribution in [1.82, 2.24) is 19.4 Å². The molecule has 2 aromatic heterocycles. The number of aromatic nitrogens is 3. The molecule has 8 nitrogen and oxygen atoms in total. The van der Waals surface area contributed by atoms with E-state index in [1.807, 2.05) is 0 Å². The average Bonchev–Trinajstić information content (AvgIpc) is 3.03. The van der Waals surface area contributed by atoms with E-state index in [4.69, 9.17) is 4.42 Å². The molecule has 1 aromatic carbocycles. The maximum atomic E-state index is 12.8. The highest BCUT2D eigenvalue weighted by atomic mass is 19.4. The van der Waals surface area contributed by atoms with Crippen LogP contribution in [0.5, 0.6) is 0 Å². The van der Waals surface area contributed by atoms with Gasteiger partial charge in [-0.25, -0.2) is 14.8 Å². The first kappa shape index (κ1) is 19.0. The summed E-state index contributed by atoms with van der Waals surface area (Å²) in [5.41, 5.74) is -0.0725. The van der Waals surface area contributed by atoms with E-state index >= 15 is 0 Å². The lowest BCUT2D eigenvalue weighted by Gasteiger charge is -2.35. The van der Waals surface area contributed by atoms with Crippen LogP contribution in [0.1, 0.15) is 5.69 Å². The monoisotopic (exact) mass is 407 g/mol. The van der Waals surface area contributed by atoms with Crippen molar-refractivity contribution in [3.05, 3.63) is 52.9 Å². The van der Waals surface area contributed by atoms with E-state index in [0.29, 0.717) is 37.3 Å². The number of fused-ring (bicyclic) bond motifs is 1. The van der Waals surface area contributed by atoms with Gasteiger partial charge in [-0.3, -0.25) is 9.36 Å². The molecule has 4 rings (SSSR count). The van der Waals surface area contributed by atoms with Crippen molar-refractivity contribution < 1.29 is 22.4 Å². The van der Waals surface area contributed by atoms with Crippen molar-refractivity contribution in [2.75, 3.05) is 31.1 Å². The van der Waals surface area contributed by atoms with Crippen LogP contribution in [0.3, 0.4) is 0 Å². The SMILES string of the molecule is O=C(Cn1c(=O)oc2ccccc21)N1CCN(c2cc(C(F)(F)F)ncn2)CC1. The number of carbonyl (C=O) groups is 1. The number of benzene rings is 1. The Morgan fingerprint density at radius 1 is 1.10 bits per heavy atom. The summed E-state index contributed by atoms with van der Waals surface area (Å²) in [4.78, 5) is 35.0. The van der Waals surface area contributed by atoms with Gasteiger partial charge in [-0.05, 0) is 12.1 Å². The molecular formula is C18H16F3N5O3. The zero-order valence-corrected chi connectivity index (χ0v) is 15.1. The molecule has 0 bridgehead atoms. The van der Waals surface area contributed by atoms with Gasteiger partial charge in [0.2, 0.25) is 5.91 Å². The molecule has 11 heteroatoms. The van der Waals surface area contributed by atoms with Crippen LogP contribution in [0.2, 0.25) is 0 Å². The maximum Gasteiger partial charge on any atom is 0.433 e.